The molecule has 5 rings (SSSR count). The van der Waals surface area contributed by atoms with Crippen molar-refractivity contribution in [1.82, 2.24) is 4.57 Å². The number of imidazole rings is 1. The van der Waals surface area contributed by atoms with E-state index in [-0.39, 0.29) is 12.5 Å². The molecule has 3 aromatic rings. The highest BCUT2D eigenvalue weighted by Crippen LogP contribution is 2.55. The van der Waals surface area contributed by atoms with Gasteiger partial charge in [0.05, 0.1) is 30.6 Å². The maximum Gasteiger partial charge on any atom is 0.673 e. The van der Waals surface area contributed by atoms with Crippen LogP contribution in [0.1, 0.15) is 41.3 Å². The SMILES string of the molecule is CCc1ccc(C23CCC(=O)N2c2cc(C(=O)OCCn4cc[n+](C)c4)ccc2N3CCOC)cc1.F[B-](F)(F)F. The summed E-state index contributed by atoms with van der Waals surface area (Å²) in [6.45, 7) is 4.12. The molecule has 41 heavy (non-hydrogen) atoms. The molecule has 1 saturated heterocycles. The fourth-order valence-corrected chi connectivity index (χ4v) is 5.44. The molecule has 8 nitrogen and oxygen atoms in total. The molecule has 0 saturated carbocycles. The average Bonchev–Trinajstić information content (AvgIpc) is 3.58. The summed E-state index contributed by atoms with van der Waals surface area (Å²) in [5.41, 5.74) is 3.81. The van der Waals surface area contributed by atoms with Gasteiger partial charge in [0.1, 0.15) is 31.2 Å². The van der Waals surface area contributed by atoms with Crippen LogP contribution in [0.4, 0.5) is 28.6 Å². The van der Waals surface area contributed by atoms with Crippen LogP contribution in [-0.4, -0.2) is 50.6 Å². The van der Waals surface area contributed by atoms with E-state index in [4.69, 9.17) is 9.47 Å². The molecule has 220 valence electrons. The Morgan fingerprint density at radius 1 is 1.05 bits per heavy atom. The lowest BCUT2D eigenvalue weighted by Crippen LogP contribution is -2.52. The Kier molecular flexibility index (Phi) is 9.06. The number of esters is 1. The van der Waals surface area contributed by atoms with E-state index in [1.807, 2.05) is 45.9 Å². The average molecular weight is 576 g/mol. The van der Waals surface area contributed by atoms with Gasteiger partial charge in [-0.15, -0.1) is 0 Å². The van der Waals surface area contributed by atoms with E-state index in [0.717, 1.165) is 23.4 Å². The van der Waals surface area contributed by atoms with Gasteiger partial charge < -0.3 is 31.6 Å². The van der Waals surface area contributed by atoms with Crippen molar-refractivity contribution < 1.29 is 40.9 Å². The van der Waals surface area contributed by atoms with E-state index in [9.17, 15) is 26.9 Å². The number of halogens is 4. The minimum absolute atomic E-state index is 0.0572. The van der Waals surface area contributed by atoms with Crippen molar-refractivity contribution in [2.45, 2.75) is 38.4 Å². The molecule has 2 aromatic carbocycles. The van der Waals surface area contributed by atoms with Crippen LogP contribution in [0.2, 0.25) is 0 Å². The predicted octanol–water partition coefficient (Wildman–Crippen LogP) is 4.48. The fraction of sp³-hybridized carbons (Fsp3) is 0.393. The first-order valence-electron chi connectivity index (χ1n) is 13.4. The van der Waals surface area contributed by atoms with Crippen LogP contribution in [0, 0.1) is 0 Å². The number of carbonyl (C=O) groups is 2. The first-order chi connectivity index (χ1) is 19.5. The van der Waals surface area contributed by atoms with Crippen LogP contribution < -0.4 is 14.4 Å². The van der Waals surface area contributed by atoms with Gasteiger partial charge in [-0.3, -0.25) is 9.69 Å². The summed E-state index contributed by atoms with van der Waals surface area (Å²) in [4.78, 5) is 30.4. The molecule has 0 spiro atoms. The van der Waals surface area contributed by atoms with Crippen LogP contribution in [0.25, 0.3) is 0 Å². The van der Waals surface area contributed by atoms with Gasteiger partial charge in [-0.2, -0.15) is 0 Å². The Balaban J connectivity index is 0.000000714. The summed E-state index contributed by atoms with van der Waals surface area (Å²) in [5, 5.41) is 0. The molecular formula is C28H33BF4N4O4. The number of hydrogen-bond acceptors (Lipinski definition) is 5. The Bertz CT molecular complexity index is 1380. The number of aryl methyl sites for hydroxylation is 2. The van der Waals surface area contributed by atoms with E-state index in [0.29, 0.717) is 38.1 Å². The molecule has 3 heterocycles. The molecule has 1 aromatic heterocycles. The molecule has 0 aliphatic carbocycles. The third kappa shape index (κ3) is 6.56. The largest absolute Gasteiger partial charge is 0.673 e. The monoisotopic (exact) mass is 576 g/mol. The zero-order chi connectivity index (χ0) is 29.8. The number of hydrogen-bond donors (Lipinski definition) is 0. The smallest absolute Gasteiger partial charge is 0.458 e. The lowest BCUT2D eigenvalue weighted by molar-refractivity contribution is -0.671. The molecule has 1 unspecified atom stereocenters. The first-order valence-corrected chi connectivity index (χ1v) is 13.4. The highest BCUT2D eigenvalue weighted by atomic mass is 19.5. The molecule has 1 atom stereocenters. The van der Waals surface area contributed by atoms with Crippen LogP contribution in [0.3, 0.4) is 0 Å². The van der Waals surface area contributed by atoms with Crippen molar-refractivity contribution in [3.05, 3.63) is 77.9 Å². The molecule has 1 fully saturated rings. The molecule has 0 N–H and O–H groups in total. The maximum absolute atomic E-state index is 13.3. The van der Waals surface area contributed by atoms with Gasteiger partial charge >= 0.3 is 13.2 Å². The minimum Gasteiger partial charge on any atom is -0.458 e. The van der Waals surface area contributed by atoms with Gasteiger partial charge in [-0.25, -0.2) is 13.9 Å². The number of methoxy groups -OCH3 is 1. The number of aromatic nitrogens is 2. The number of carbonyl (C=O) groups excluding carboxylic acids is 2. The van der Waals surface area contributed by atoms with Gasteiger partial charge in [0, 0.05) is 26.5 Å². The standard InChI is InChI=1S/C28H33N4O4.BF4/c1-4-21-5-8-23(9-6-21)28-12-11-26(33)32(28)25-19-22(7-10-24(25)31(28)16-17-35-3)27(34)36-18-15-30-14-13-29(2)20-30;2-1(3,4)5/h5-10,13-14,19-20H,4,11-12,15-18H2,1-3H3;/q+1;-1. The number of amides is 1. The summed E-state index contributed by atoms with van der Waals surface area (Å²) in [5.74, 6) is -0.337. The van der Waals surface area contributed by atoms with Crippen molar-refractivity contribution in [2.24, 2.45) is 7.05 Å². The normalized spacial score (nSPS) is 17.7. The Morgan fingerprint density at radius 3 is 2.37 bits per heavy atom. The third-order valence-corrected chi connectivity index (χ3v) is 7.25. The number of benzene rings is 2. The van der Waals surface area contributed by atoms with Crippen LogP contribution >= 0.6 is 0 Å². The van der Waals surface area contributed by atoms with Gasteiger partial charge in [-0.1, -0.05) is 31.2 Å². The predicted molar refractivity (Wildman–Crippen MR) is 146 cm³/mol. The molecule has 1 amide bonds. The summed E-state index contributed by atoms with van der Waals surface area (Å²) in [6, 6.07) is 14.1. The summed E-state index contributed by atoms with van der Waals surface area (Å²) < 4.78 is 53.9. The first kappa shape index (κ1) is 30.1. The molecule has 0 radical (unpaired) electrons. The quantitative estimate of drug-likeness (QED) is 0.163. The summed E-state index contributed by atoms with van der Waals surface area (Å²) in [7, 11) is -2.37. The summed E-state index contributed by atoms with van der Waals surface area (Å²) >= 11 is 0. The van der Waals surface area contributed by atoms with Crippen molar-refractivity contribution in [3.63, 3.8) is 0 Å². The van der Waals surface area contributed by atoms with Crippen molar-refractivity contribution in [1.29, 1.82) is 0 Å². The summed E-state index contributed by atoms with van der Waals surface area (Å²) in [6.07, 6.45) is 7.88. The van der Waals surface area contributed by atoms with E-state index in [1.54, 1.807) is 19.2 Å². The van der Waals surface area contributed by atoms with Crippen LogP contribution in [0.5, 0.6) is 0 Å². The number of fused-ring (bicyclic) bond motifs is 3. The van der Waals surface area contributed by atoms with Gasteiger partial charge in [0.2, 0.25) is 12.2 Å². The van der Waals surface area contributed by atoms with Crippen LogP contribution in [0.15, 0.2) is 61.2 Å². The molecular weight excluding hydrogens is 543 g/mol. The maximum atomic E-state index is 13.3. The Hall–Kier alpha value is -3.87. The zero-order valence-corrected chi connectivity index (χ0v) is 23.2. The van der Waals surface area contributed by atoms with E-state index >= 15 is 0 Å². The lowest BCUT2D eigenvalue weighted by atomic mass is 9.94. The third-order valence-electron chi connectivity index (χ3n) is 7.25. The van der Waals surface area contributed by atoms with Crippen molar-refractivity contribution in [3.8, 4) is 0 Å². The molecule has 2 aliphatic rings. The second-order valence-electron chi connectivity index (χ2n) is 9.89. The second kappa shape index (κ2) is 12.3. The lowest BCUT2D eigenvalue weighted by Gasteiger charge is -2.41. The highest BCUT2D eigenvalue weighted by molar-refractivity contribution is 6.50. The number of anilines is 2. The fourth-order valence-electron chi connectivity index (χ4n) is 5.44. The zero-order valence-electron chi connectivity index (χ0n) is 23.2. The van der Waals surface area contributed by atoms with E-state index in [1.165, 1.54) is 5.56 Å². The van der Waals surface area contributed by atoms with Crippen LogP contribution in [-0.2, 0) is 39.9 Å². The topological polar surface area (TPSA) is 67.9 Å². The van der Waals surface area contributed by atoms with Crippen molar-refractivity contribution >= 4 is 30.5 Å². The number of ether oxygens (including phenoxy) is 2. The van der Waals surface area contributed by atoms with E-state index in [2.05, 4.69) is 36.1 Å². The molecule has 13 heteroatoms. The Labute approximate surface area is 236 Å². The second-order valence-corrected chi connectivity index (χ2v) is 9.89. The molecule has 2 aliphatic heterocycles. The number of nitrogens with zero attached hydrogens (tertiary/aromatic N) is 4. The van der Waals surface area contributed by atoms with Gasteiger partial charge in [0.15, 0.2) is 0 Å². The Morgan fingerprint density at radius 2 is 1.76 bits per heavy atom. The van der Waals surface area contributed by atoms with Gasteiger partial charge in [-0.05, 0) is 35.7 Å². The minimum atomic E-state index is -6.00. The number of rotatable bonds is 9. The molecule has 0 bridgehead atoms. The van der Waals surface area contributed by atoms with E-state index < -0.39 is 18.9 Å². The highest BCUT2D eigenvalue weighted by Gasteiger charge is 2.57. The van der Waals surface area contributed by atoms with Crippen molar-refractivity contribution in [2.75, 3.05) is 36.7 Å². The van der Waals surface area contributed by atoms with Gasteiger partial charge in [0.25, 0.3) is 0 Å².